The van der Waals surface area contributed by atoms with Crippen LogP contribution < -0.4 is 17.1 Å². The molecule has 1 heterocycles. The Morgan fingerprint density at radius 3 is 2.27 bits per heavy atom. The molecule has 0 aliphatic heterocycles. The first-order valence-electron chi connectivity index (χ1n) is 7.70. The molecular weight excluding hydrogens is 282 g/mol. The number of allylic oxidation sites excluding steroid dienone is 2. The third-order valence-electron chi connectivity index (χ3n) is 3.84. The fourth-order valence-electron chi connectivity index (χ4n) is 2.73. The van der Waals surface area contributed by atoms with Crippen molar-refractivity contribution >= 4 is 0 Å². The van der Waals surface area contributed by atoms with Gasteiger partial charge in [-0.2, -0.15) is 0 Å². The normalized spacial score (nSPS) is 13.5. The average Bonchev–Trinajstić information content (AvgIpc) is 2.45. The highest BCUT2D eigenvalue weighted by atomic mass is 16.2. The van der Waals surface area contributed by atoms with E-state index in [-0.39, 0.29) is 6.04 Å². The van der Waals surface area contributed by atoms with E-state index in [1.807, 2.05) is 19.1 Å². The number of rotatable bonds is 10. The van der Waals surface area contributed by atoms with Crippen LogP contribution in [0.2, 0.25) is 0 Å². The molecule has 6 nitrogen and oxygen atoms in total. The van der Waals surface area contributed by atoms with Crippen LogP contribution in [0.5, 0.6) is 0 Å². The maximum atomic E-state index is 11.9. The number of nitrogens with one attached hydrogen (secondary N) is 2. The van der Waals surface area contributed by atoms with E-state index in [0.29, 0.717) is 18.8 Å². The average molecular weight is 307 g/mol. The van der Waals surface area contributed by atoms with E-state index in [4.69, 9.17) is 0 Å². The van der Waals surface area contributed by atoms with Crippen LogP contribution in [0.15, 0.2) is 39.7 Å². The van der Waals surface area contributed by atoms with E-state index >= 15 is 0 Å². The number of aromatic nitrogens is 3. The molecule has 22 heavy (non-hydrogen) atoms. The summed E-state index contributed by atoms with van der Waals surface area (Å²) in [5, 5.41) is 0. The van der Waals surface area contributed by atoms with Crippen LogP contribution in [0.25, 0.3) is 0 Å². The van der Waals surface area contributed by atoms with Gasteiger partial charge in [0.05, 0.1) is 0 Å². The molecule has 2 unspecified atom stereocenters. The van der Waals surface area contributed by atoms with Crippen LogP contribution in [0.3, 0.4) is 0 Å². The van der Waals surface area contributed by atoms with Crippen LogP contribution >= 0.6 is 0 Å². The molecule has 0 saturated heterocycles. The van der Waals surface area contributed by atoms with E-state index in [1.165, 1.54) is 0 Å². The number of aromatic amines is 2. The van der Waals surface area contributed by atoms with Crippen LogP contribution in [0.4, 0.5) is 0 Å². The molecule has 0 aliphatic rings. The summed E-state index contributed by atoms with van der Waals surface area (Å²) in [6, 6.07) is -0.234. The van der Waals surface area contributed by atoms with E-state index in [2.05, 4.69) is 23.1 Å². The lowest BCUT2D eigenvalue weighted by atomic mass is 9.90. The Labute approximate surface area is 129 Å². The van der Waals surface area contributed by atoms with Crippen molar-refractivity contribution in [1.29, 1.82) is 0 Å². The van der Waals surface area contributed by atoms with Gasteiger partial charge in [-0.3, -0.25) is 9.97 Å². The van der Waals surface area contributed by atoms with Crippen molar-refractivity contribution in [2.45, 2.75) is 51.5 Å². The lowest BCUT2D eigenvalue weighted by Gasteiger charge is -2.22. The van der Waals surface area contributed by atoms with Gasteiger partial charge >= 0.3 is 17.1 Å². The number of H-pyrrole nitrogens is 2. The topological polar surface area (TPSA) is 87.7 Å². The maximum absolute atomic E-state index is 11.9. The van der Waals surface area contributed by atoms with Gasteiger partial charge in [-0.05, 0) is 44.4 Å². The molecule has 1 rings (SSSR count). The molecule has 1 aromatic heterocycles. The van der Waals surface area contributed by atoms with Crippen molar-refractivity contribution in [3.05, 3.63) is 56.8 Å². The summed E-state index contributed by atoms with van der Waals surface area (Å²) < 4.78 is 1.12. The van der Waals surface area contributed by atoms with Gasteiger partial charge < -0.3 is 0 Å². The molecule has 0 fully saturated rings. The van der Waals surface area contributed by atoms with E-state index in [9.17, 15) is 14.4 Å². The molecular formula is C16H25N3O3. The third kappa shape index (κ3) is 5.02. The zero-order valence-corrected chi connectivity index (χ0v) is 13.1. The molecule has 0 radical (unpaired) electrons. The molecule has 122 valence electrons. The second kappa shape index (κ2) is 9.02. The molecule has 6 heteroatoms. The molecule has 0 saturated carbocycles. The largest absolute Gasteiger partial charge is 0.333 e. The van der Waals surface area contributed by atoms with Gasteiger partial charge in [-0.1, -0.05) is 19.1 Å². The number of hydrogen-bond acceptors (Lipinski definition) is 3. The number of nitrogens with zero attached hydrogens (tertiary/aromatic N) is 1. The van der Waals surface area contributed by atoms with E-state index in [1.54, 1.807) is 0 Å². The molecule has 0 spiro atoms. The molecule has 2 N–H and O–H groups in total. The second-order valence-electron chi connectivity index (χ2n) is 5.47. The highest BCUT2D eigenvalue weighted by Crippen LogP contribution is 2.25. The summed E-state index contributed by atoms with van der Waals surface area (Å²) in [6.07, 6.45) is 8.90. The Kier molecular flexibility index (Phi) is 7.36. The zero-order valence-electron chi connectivity index (χ0n) is 13.1. The Balaban J connectivity index is 2.97. The summed E-state index contributed by atoms with van der Waals surface area (Å²) >= 11 is 0. The third-order valence-corrected chi connectivity index (χ3v) is 3.84. The Morgan fingerprint density at radius 2 is 1.77 bits per heavy atom. The minimum absolute atomic E-state index is 0.234. The summed E-state index contributed by atoms with van der Waals surface area (Å²) in [7, 11) is 0. The molecule has 0 aliphatic carbocycles. The van der Waals surface area contributed by atoms with Crippen LogP contribution in [0, 0.1) is 5.92 Å². The summed E-state index contributed by atoms with van der Waals surface area (Å²) in [5.74, 6) is 0.348. The van der Waals surface area contributed by atoms with Crippen LogP contribution in [-0.2, 0) is 0 Å². The van der Waals surface area contributed by atoms with Gasteiger partial charge in [0.1, 0.15) is 0 Å². The van der Waals surface area contributed by atoms with Gasteiger partial charge in [-0.25, -0.2) is 19.0 Å². The lowest BCUT2D eigenvalue weighted by molar-refractivity contribution is 0.320. The van der Waals surface area contributed by atoms with Gasteiger partial charge in [-0.15, -0.1) is 13.2 Å². The fraction of sp³-hybridized carbons (Fsp3) is 0.562. The first kappa shape index (κ1) is 17.9. The minimum atomic E-state index is -0.769. The second-order valence-corrected chi connectivity index (χ2v) is 5.47. The van der Waals surface area contributed by atoms with Crippen LogP contribution in [0.1, 0.15) is 51.5 Å². The van der Waals surface area contributed by atoms with E-state index in [0.717, 1.165) is 30.3 Å². The van der Waals surface area contributed by atoms with Gasteiger partial charge in [0.15, 0.2) is 0 Å². The molecule has 2 atom stereocenters. The predicted octanol–water partition coefficient (Wildman–Crippen LogP) is 2.11. The fourth-order valence-corrected chi connectivity index (χ4v) is 2.73. The standard InChI is InChI=1S/C16H25N3O3/c1-4-7-8-10-12(9-5-2)11-13(6-3)19-15(21)17-14(20)18-16(19)22/h4-5,12-13H,1-2,6-11H2,3H3,(H2,17,18,20,21,22). The van der Waals surface area contributed by atoms with Crippen LogP contribution in [-0.4, -0.2) is 14.5 Å². The minimum Gasteiger partial charge on any atom is -0.259 e. The molecule has 0 amide bonds. The Bertz CT molecular complexity index is 619. The van der Waals surface area contributed by atoms with Gasteiger partial charge in [0.25, 0.3) is 0 Å². The first-order chi connectivity index (χ1) is 10.5. The predicted molar refractivity (Wildman–Crippen MR) is 88.2 cm³/mol. The molecule has 1 aromatic rings. The van der Waals surface area contributed by atoms with Crippen molar-refractivity contribution in [2.24, 2.45) is 5.92 Å². The SMILES string of the molecule is C=CCCCC(CC=C)CC(CC)n1c(=O)[nH]c(=O)[nH]c1=O. The lowest BCUT2D eigenvalue weighted by Crippen LogP contribution is -2.45. The monoisotopic (exact) mass is 307 g/mol. The van der Waals surface area contributed by atoms with Crippen molar-refractivity contribution in [3.8, 4) is 0 Å². The number of hydrogen-bond donors (Lipinski definition) is 2. The summed E-state index contributed by atoms with van der Waals surface area (Å²) in [6.45, 7) is 9.42. The summed E-state index contributed by atoms with van der Waals surface area (Å²) in [4.78, 5) is 39.2. The van der Waals surface area contributed by atoms with Crippen molar-refractivity contribution in [1.82, 2.24) is 14.5 Å². The number of unbranched alkanes of at least 4 members (excludes halogenated alkanes) is 1. The van der Waals surface area contributed by atoms with Crippen molar-refractivity contribution < 1.29 is 0 Å². The molecule has 0 aromatic carbocycles. The van der Waals surface area contributed by atoms with Crippen molar-refractivity contribution in [3.63, 3.8) is 0 Å². The quantitative estimate of drug-likeness (QED) is 0.512. The zero-order chi connectivity index (χ0) is 16.5. The van der Waals surface area contributed by atoms with Gasteiger partial charge in [0, 0.05) is 6.04 Å². The molecule has 0 bridgehead atoms. The summed E-state index contributed by atoms with van der Waals surface area (Å²) in [5.41, 5.74) is -2.07. The first-order valence-corrected chi connectivity index (χ1v) is 7.70. The Hall–Kier alpha value is -2.11. The maximum Gasteiger partial charge on any atom is 0.333 e. The highest BCUT2D eigenvalue weighted by molar-refractivity contribution is 4.81. The van der Waals surface area contributed by atoms with Crippen molar-refractivity contribution in [2.75, 3.05) is 0 Å². The smallest absolute Gasteiger partial charge is 0.259 e. The highest BCUT2D eigenvalue weighted by Gasteiger charge is 2.19. The Morgan fingerprint density at radius 1 is 1.14 bits per heavy atom. The van der Waals surface area contributed by atoms with E-state index < -0.39 is 17.1 Å². The van der Waals surface area contributed by atoms with Gasteiger partial charge in [0.2, 0.25) is 0 Å².